The SMILES string of the molecule is FC(F)(F)C12CCC3CCCC4CCOC(O1)C43OO2. The second-order valence-corrected chi connectivity index (χ2v) is 6.24. The van der Waals surface area contributed by atoms with Crippen LogP contribution in [0.2, 0.25) is 0 Å². The average molecular weight is 294 g/mol. The second-order valence-electron chi connectivity index (χ2n) is 6.24. The molecule has 0 radical (unpaired) electrons. The van der Waals surface area contributed by atoms with Gasteiger partial charge in [0.1, 0.15) is 0 Å². The van der Waals surface area contributed by atoms with Crippen LogP contribution in [0.1, 0.15) is 38.5 Å². The van der Waals surface area contributed by atoms with Crippen molar-refractivity contribution < 1.29 is 32.4 Å². The van der Waals surface area contributed by atoms with E-state index in [9.17, 15) is 13.2 Å². The first-order chi connectivity index (χ1) is 9.48. The summed E-state index contributed by atoms with van der Waals surface area (Å²) in [6, 6.07) is 0. The number of hydrogen-bond donors (Lipinski definition) is 0. The van der Waals surface area contributed by atoms with Gasteiger partial charge in [-0.1, -0.05) is 6.42 Å². The van der Waals surface area contributed by atoms with Gasteiger partial charge in [0.2, 0.25) is 0 Å². The Balaban J connectivity index is 1.77. The first-order valence-electron chi connectivity index (χ1n) is 7.21. The number of rotatable bonds is 0. The minimum atomic E-state index is -4.63. The molecule has 1 aliphatic carbocycles. The monoisotopic (exact) mass is 294 g/mol. The molecule has 1 spiro atoms. The van der Waals surface area contributed by atoms with E-state index < -0.39 is 23.9 Å². The van der Waals surface area contributed by atoms with E-state index in [1.165, 1.54) is 0 Å². The van der Waals surface area contributed by atoms with E-state index in [0.29, 0.717) is 13.0 Å². The highest BCUT2D eigenvalue weighted by atomic mass is 19.4. The molecular formula is C13H17F3O4. The van der Waals surface area contributed by atoms with Gasteiger partial charge in [0.05, 0.1) is 6.61 Å². The lowest BCUT2D eigenvalue weighted by Gasteiger charge is -2.55. The maximum atomic E-state index is 13.3. The number of halogens is 3. The molecule has 0 amide bonds. The lowest BCUT2D eigenvalue weighted by molar-refractivity contribution is -0.599. The van der Waals surface area contributed by atoms with Crippen LogP contribution in [0, 0.1) is 11.8 Å². The van der Waals surface area contributed by atoms with E-state index >= 15 is 0 Å². The van der Waals surface area contributed by atoms with E-state index in [0.717, 1.165) is 25.7 Å². The maximum absolute atomic E-state index is 13.3. The van der Waals surface area contributed by atoms with Gasteiger partial charge in [-0.15, -0.1) is 0 Å². The summed E-state index contributed by atoms with van der Waals surface area (Å²) in [6.45, 7) is 0.418. The molecule has 1 saturated carbocycles. The molecule has 4 saturated heterocycles. The molecular weight excluding hydrogens is 277 g/mol. The van der Waals surface area contributed by atoms with Gasteiger partial charge in [-0.05, 0) is 37.5 Å². The van der Waals surface area contributed by atoms with Crippen molar-refractivity contribution in [3.8, 4) is 0 Å². The standard InChI is InChI=1S/C13H17F3O4/c14-13(15,16)11-6-4-8-2-1-3-9-5-7-17-10(18-11)12(8,9)20-19-11/h8-10H,1-7H2. The molecule has 2 bridgehead atoms. The van der Waals surface area contributed by atoms with Crippen molar-refractivity contribution in [1.82, 2.24) is 0 Å². The molecule has 114 valence electrons. The predicted molar refractivity (Wildman–Crippen MR) is 59.2 cm³/mol. The molecule has 0 aromatic heterocycles. The summed E-state index contributed by atoms with van der Waals surface area (Å²) in [4.78, 5) is 10.2. The summed E-state index contributed by atoms with van der Waals surface area (Å²) in [6.07, 6.45) is -1.84. The molecule has 0 aromatic carbocycles. The van der Waals surface area contributed by atoms with Gasteiger partial charge in [-0.25, -0.2) is 4.89 Å². The Labute approximate surface area is 114 Å². The van der Waals surface area contributed by atoms with Crippen molar-refractivity contribution >= 4 is 0 Å². The van der Waals surface area contributed by atoms with Crippen LogP contribution in [0.25, 0.3) is 0 Å². The van der Waals surface area contributed by atoms with Crippen molar-refractivity contribution in [2.24, 2.45) is 11.8 Å². The highest BCUT2D eigenvalue weighted by Gasteiger charge is 2.72. The third-order valence-electron chi connectivity index (χ3n) is 5.36. The van der Waals surface area contributed by atoms with Crippen LogP contribution in [0.3, 0.4) is 0 Å². The maximum Gasteiger partial charge on any atom is 0.446 e. The molecule has 4 aliphatic heterocycles. The zero-order valence-corrected chi connectivity index (χ0v) is 10.9. The van der Waals surface area contributed by atoms with Gasteiger partial charge in [0.25, 0.3) is 5.79 Å². The van der Waals surface area contributed by atoms with Gasteiger partial charge in [0, 0.05) is 6.42 Å². The van der Waals surface area contributed by atoms with Gasteiger partial charge in [-0.2, -0.15) is 18.1 Å². The third kappa shape index (κ3) is 1.52. The van der Waals surface area contributed by atoms with Gasteiger partial charge >= 0.3 is 6.18 Å². The van der Waals surface area contributed by atoms with Crippen LogP contribution in [0.15, 0.2) is 0 Å². The summed E-state index contributed by atoms with van der Waals surface area (Å²) in [7, 11) is 0. The lowest BCUT2D eigenvalue weighted by Crippen LogP contribution is -2.68. The van der Waals surface area contributed by atoms with Crippen LogP contribution >= 0.6 is 0 Å². The Kier molecular flexibility index (Phi) is 2.72. The zero-order chi connectivity index (χ0) is 14.0. The van der Waals surface area contributed by atoms with Crippen LogP contribution in [-0.4, -0.2) is 30.5 Å². The van der Waals surface area contributed by atoms with Crippen molar-refractivity contribution in [3.63, 3.8) is 0 Å². The van der Waals surface area contributed by atoms with Crippen LogP contribution in [0.4, 0.5) is 13.2 Å². The summed E-state index contributed by atoms with van der Waals surface area (Å²) >= 11 is 0. The van der Waals surface area contributed by atoms with E-state index in [2.05, 4.69) is 0 Å². The summed E-state index contributed by atoms with van der Waals surface area (Å²) in [5.41, 5.74) is -0.845. The van der Waals surface area contributed by atoms with Crippen molar-refractivity contribution in [2.45, 2.75) is 62.4 Å². The second kappa shape index (κ2) is 4.09. The first-order valence-corrected chi connectivity index (χ1v) is 7.21. The largest absolute Gasteiger partial charge is 0.446 e. The molecule has 5 rings (SSSR count). The van der Waals surface area contributed by atoms with Gasteiger partial charge in [0.15, 0.2) is 11.9 Å². The van der Waals surface area contributed by atoms with E-state index in [4.69, 9.17) is 19.2 Å². The van der Waals surface area contributed by atoms with Crippen LogP contribution in [0.5, 0.6) is 0 Å². The van der Waals surface area contributed by atoms with Crippen LogP contribution in [-0.2, 0) is 19.2 Å². The number of alkyl halides is 3. The fourth-order valence-electron chi connectivity index (χ4n) is 4.32. The Bertz CT molecular complexity index is 413. The number of fused-ring (bicyclic) bond motifs is 2. The van der Waals surface area contributed by atoms with E-state index in [1.807, 2.05) is 0 Å². The highest BCUT2D eigenvalue weighted by Crippen LogP contribution is 2.59. The van der Waals surface area contributed by atoms with Crippen LogP contribution < -0.4 is 0 Å². The molecule has 5 fully saturated rings. The smallest absolute Gasteiger partial charge is 0.349 e. The van der Waals surface area contributed by atoms with Crippen molar-refractivity contribution in [3.05, 3.63) is 0 Å². The topological polar surface area (TPSA) is 36.9 Å². The lowest BCUT2D eigenvalue weighted by atomic mass is 9.65. The first kappa shape index (κ1) is 13.3. The molecule has 5 unspecified atom stereocenters. The molecule has 4 nitrogen and oxygen atoms in total. The Morgan fingerprint density at radius 1 is 0.950 bits per heavy atom. The highest BCUT2D eigenvalue weighted by molar-refractivity contribution is 5.06. The predicted octanol–water partition coefficient (Wildman–Crippen LogP) is 2.92. The minimum Gasteiger partial charge on any atom is -0.349 e. The summed E-state index contributed by atoms with van der Waals surface area (Å²) in [5.74, 6) is -2.50. The fraction of sp³-hybridized carbons (Fsp3) is 1.00. The van der Waals surface area contributed by atoms with Gasteiger partial charge < -0.3 is 9.47 Å². The fourth-order valence-corrected chi connectivity index (χ4v) is 4.32. The van der Waals surface area contributed by atoms with Crippen molar-refractivity contribution in [1.29, 1.82) is 0 Å². The normalized spacial score (nSPS) is 51.5. The third-order valence-corrected chi connectivity index (χ3v) is 5.36. The van der Waals surface area contributed by atoms with E-state index in [1.54, 1.807) is 0 Å². The molecule has 0 N–H and O–H groups in total. The molecule has 7 heteroatoms. The Morgan fingerprint density at radius 2 is 1.70 bits per heavy atom. The summed E-state index contributed by atoms with van der Waals surface area (Å²) in [5, 5.41) is 0. The Hall–Kier alpha value is -0.370. The molecule has 4 heterocycles. The number of hydrogen-bond acceptors (Lipinski definition) is 4. The quantitative estimate of drug-likeness (QED) is 0.644. The zero-order valence-electron chi connectivity index (χ0n) is 10.9. The van der Waals surface area contributed by atoms with E-state index in [-0.39, 0.29) is 18.3 Å². The molecule has 0 aromatic rings. The Morgan fingerprint density at radius 3 is 2.45 bits per heavy atom. The minimum absolute atomic E-state index is 0.0123. The summed E-state index contributed by atoms with van der Waals surface area (Å²) < 4.78 is 50.8. The molecule has 5 aliphatic rings. The molecule has 5 atom stereocenters. The average Bonchev–Trinajstić information content (AvgIpc) is 2.66. The van der Waals surface area contributed by atoms with Crippen molar-refractivity contribution in [2.75, 3.05) is 6.61 Å². The molecule has 20 heavy (non-hydrogen) atoms. The van der Waals surface area contributed by atoms with Gasteiger partial charge in [-0.3, -0.25) is 0 Å². The number of ether oxygens (including phenoxy) is 2.